The Hall–Kier alpha value is -7.94. The van der Waals surface area contributed by atoms with Crippen LogP contribution in [0.2, 0.25) is 0 Å². The Bertz CT molecular complexity index is 3240. The SMILES string of the molecule is c1ccc(-c2ccc(-c3ccc(N(c4ccc(-c5ccc(-c6cccc(-c7cc8ccccc8o7)c6)cc5)cc4)c4ccc5c(ccc6ccccc65)c4)cc3)cc2)cc1. The van der Waals surface area contributed by atoms with Crippen LogP contribution in [0, 0.1) is 0 Å². The molecule has 0 aliphatic carbocycles. The maximum Gasteiger partial charge on any atom is 0.135 e. The fourth-order valence-corrected chi connectivity index (χ4v) is 8.51. The molecule has 0 spiro atoms. The van der Waals surface area contributed by atoms with Crippen LogP contribution in [0.4, 0.5) is 17.1 Å². The third-order valence-electron chi connectivity index (χ3n) is 11.7. The van der Waals surface area contributed by atoms with Gasteiger partial charge < -0.3 is 9.32 Å². The summed E-state index contributed by atoms with van der Waals surface area (Å²) in [7, 11) is 0. The van der Waals surface area contributed by atoms with E-state index in [9.17, 15) is 0 Å². The van der Waals surface area contributed by atoms with Crippen LogP contribution in [0.1, 0.15) is 0 Å². The summed E-state index contributed by atoms with van der Waals surface area (Å²) in [6.45, 7) is 0. The number of nitrogens with zero attached hydrogens (tertiary/aromatic N) is 1. The molecule has 0 amide bonds. The zero-order valence-electron chi connectivity index (χ0n) is 32.9. The van der Waals surface area contributed by atoms with Gasteiger partial charge in [-0.2, -0.15) is 0 Å². The fourth-order valence-electron chi connectivity index (χ4n) is 8.51. The van der Waals surface area contributed by atoms with Crippen molar-refractivity contribution in [1.82, 2.24) is 0 Å². The van der Waals surface area contributed by atoms with Gasteiger partial charge in [-0.3, -0.25) is 0 Å². The van der Waals surface area contributed by atoms with Gasteiger partial charge >= 0.3 is 0 Å². The van der Waals surface area contributed by atoms with E-state index in [4.69, 9.17) is 4.42 Å². The zero-order valence-corrected chi connectivity index (χ0v) is 32.9. The Labute approximate surface area is 349 Å². The molecular formula is C58H39NO. The first-order valence-electron chi connectivity index (χ1n) is 20.5. The minimum Gasteiger partial charge on any atom is -0.456 e. The van der Waals surface area contributed by atoms with Gasteiger partial charge in [-0.15, -0.1) is 0 Å². The van der Waals surface area contributed by atoms with Gasteiger partial charge in [0.1, 0.15) is 11.3 Å². The first kappa shape index (κ1) is 35.2. The van der Waals surface area contributed by atoms with Gasteiger partial charge in [0.15, 0.2) is 0 Å². The summed E-state index contributed by atoms with van der Waals surface area (Å²) in [5, 5.41) is 6.10. The summed E-state index contributed by atoms with van der Waals surface area (Å²) < 4.78 is 6.18. The summed E-state index contributed by atoms with van der Waals surface area (Å²) in [6.07, 6.45) is 0. The molecular weight excluding hydrogens is 727 g/mol. The highest BCUT2D eigenvalue weighted by Gasteiger charge is 2.15. The number of hydrogen-bond acceptors (Lipinski definition) is 2. The van der Waals surface area contributed by atoms with Crippen LogP contribution in [0.15, 0.2) is 241 Å². The Morgan fingerprint density at radius 1 is 0.250 bits per heavy atom. The smallest absolute Gasteiger partial charge is 0.135 e. The predicted molar refractivity (Wildman–Crippen MR) is 253 cm³/mol. The van der Waals surface area contributed by atoms with Gasteiger partial charge in [-0.1, -0.05) is 182 Å². The molecule has 11 aromatic rings. The highest BCUT2D eigenvalue weighted by Crippen LogP contribution is 2.40. The standard InChI is InChI=1S/C58H39NO/c1-2-9-40(10-3-1)41-17-19-42(20-18-41)44-27-31-52(32-28-44)59(54-35-36-56-49(38-54)26-25-47-11-4-6-15-55(47)56)53-33-29-45(30-34-53)43-21-23-46(24-22-43)48-13-8-14-50(37-48)58-39-51-12-5-7-16-57(51)60-58/h1-39H. The second-order valence-corrected chi connectivity index (χ2v) is 15.4. The minimum atomic E-state index is 0.880. The number of rotatable bonds is 8. The van der Waals surface area contributed by atoms with Crippen LogP contribution in [-0.2, 0) is 0 Å². The lowest BCUT2D eigenvalue weighted by molar-refractivity contribution is 0.631. The van der Waals surface area contributed by atoms with Gasteiger partial charge in [0.05, 0.1) is 0 Å². The van der Waals surface area contributed by atoms with E-state index in [-0.39, 0.29) is 0 Å². The molecule has 60 heavy (non-hydrogen) atoms. The van der Waals surface area contributed by atoms with E-state index in [0.717, 1.165) is 44.9 Å². The second-order valence-electron chi connectivity index (χ2n) is 15.4. The number of furan rings is 1. The molecule has 0 unspecified atom stereocenters. The summed E-state index contributed by atoms with van der Waals surface area (Å²) in [5.74, 6) is 0.880. The molecule has 10 aromatic carbocycles. The number of hydrogen-bond donors (Lipinski definition) is 0. The van der Waals surface area contributed by atoms with Crippen molar-refractivity contribution >= 4 is 49.6 Å². The van der Waals surface area contributed by atoms with E-state index in [1.54, 1.807) is 0 Å². The van der Waals surface area contributed by atoms with Crippen LogP contribution >= 0.6 is 0 Å². The van der Waals surface area contributed by atoms with Gasteiger partial charge in [0.2, 0.25) is 0 Å². The van der Waals surface area contributed by atoms with Gasteiger partial charge in [-0.05, 0) is 121 Å². The molecule has 1 heterocycles. The summed E-state index contributed by atoms with van der Waals surface area (Å²) in [6, 6.07) is 84.9. The molecule has 0 aliphatic heterocycles. The lowest BCUT2D eigenvalue weighted by atomic mass is 9.98. The lowest BCUT2D eigenvalue weighted by Crippen LogP contribution is -2.09. The molecule has 0 atom stereocenters. The summed E-state index contributed by atoms with van der Waals surface area (Å²) >= 11 is 0. The Kier molecular flexibility index (Phi) is 8.87. The highest BCUT2D eigenvalue weighted by atomic mass is 16.3. The summed E-state index contributed by atoms with van der Waals surface area (Å²) in [5.41, 5.74) is 14.8. The van der Waals surface area contributed by atoms with E-state index in [0.29, 0.717) is 0 Å². The van der Waals surface area contributed by atoms with Crippen molar-refractivity contribution in [2.75, 3.05) is 4.90 Å². The van der Waals surface area contributed by atoms with Crippen LogP contribution in [0.3, 0.4) is 0 Å². The van der Waals surface area contributed by atoms with Crippen LogP contribution in [0.25, 0.3) is 88.3 Å². The van der Waals surface area contributed by atoms with E-state index in [1.807, 2.05) is 18.2 Å². The molecule has 0 bridgehead atoms. The number of anilines is 3. The molecule has 0 fully saturated rings. The molecule has 282 valence electrons. The topological polar surface area (TPSA) is 16.4 Å². The Morgan fingerprint density at radius 3 is 1.33 bits per heavy atom. The van der Waals surface area contributed by atoms with Crippen molar-refractivity contribution in [2.24, 2.45) is 0 Å². The zero-order chi connectivity index (χ0) is 39.8. The molecule has 0 aliphatic rings. The molecule has 0 radical (unpaired) electrons. The maximum absolute atomic E-state index is 6.18. The van der Waals surface area contributed by atoms with Gasteiger partial charge in [0, 0.05) is 28.0 Å². The minimum absolute atomic E-state index is 0.880. The first-order valence-corrected chi connectivity index (χ1v) is 20.5. The van der Waals surface area contributed by atoms with Crippen molar-refractivity contribution < 1.29 is 4.42 Å². The monoisotopic (exact) mass is 765 g/mol. The average Bonchev–Trinajstić information content (AvgIpc) is 3.77. The lowest BCUT2D eigenvalue weighted by Gasteiger charge is -2.26. The Morgan fingerprint density at radius 2 is 0.700 bits per heavy atom. The third kappa shape index (κ3) is 6.70. The van der Waals surface area contributed by atoms with Crippen LogP contribution < -0.4 is 4.90 Å². The maximum atomic E-state index is 6.18. The second kappa shape index (κ2) is 15.1. The van der Waals surface area contributed by atoms with E-state index in [2.05, 4.69) is 223 Å². The van der Waals surface area contributed by atoms with Crippen LogP contribution in [0.5, 0.6) is 0 Å². The van der Waals surface area contributed by atoms with Gasteiger partial charge in [0.25, 0.3) is 0 Å². The van der Waals surface area contributed by atoms with E-state index >= 15 is 0 Å². The van der Waals surface area contributed by atoms with Crippen molar-refractivity contribution in [3.05, 3.63) is 237 Å². The highest BCUT2D eigenvalue weighted by molar-refractivity contribution is 6.08. The molecule has 0 saturated carbocycles. The normalized spacial score (nSPS) is 11.3. The molecule has 1 aromatic heterocycles. The van der Waals surface area contributed by atoms with Crippen molar-refractivity contribution in [1.29, 1.82) is 0 Å². The Balaban J connectivity index is 0.904. The van der Waals surface area contributed by atoms with E-state index < -0.39 is 0 Å². The number of fused-ring (bicyclic) bond motifs is 4. The fraction of sp³-hybridized carbons (Fsp3) is 0. The molecule has 0 saturated heterocycles. The molecule has 0 N–H and O–H groups in total. The van der Waals surface area contributed by atoms with Crippen LogP contribution in [-0.4, -0.2) is 0 Å². The van der Waals surface area contributed by atoms with E-state index in [1.165, 1.54) is 60.5 Å². The number of benzene rings is 10. The predicted octanol–water partition coefficient (Wildman–Crippen LogP) is 16.5. The summed E-state index contributed by atoms with van der Waals surface area (Å²) in [4.78, 5) is 2.36. The number of para-hydroxylation sites is 1. The first-order chi connectivity index (χ1) is 29.7. The molecule has 2 nitrogen and oxygen atoms in total. The van der Waals surface area contributed by atoms with Crippen molar-refractivity contribution in [2.45, 2.75) is 0 Å². The largest absolute Gasteiger partial charge is 0.456 e. The van der Waals surface area contributed by atoms with Crippen molar-refractivity contribution in [3.63, 3.8) is 0 Å². The molecule has 2 heteroatoms. The van der Waals surface area contributed by atoms with Gasteiger partial charge in [-0.25, -0.2) is 0 Å². The quantitative estimate of drug-likeness (QED) is 0.143. The van der Waals surface area contributed by atoms with Crippen molar-refractivity contribution in [3.8, 4) is 55.8 Å². The average molecular weight is 766 g/mol. The molecule has 11 rings (SSSR count). The third-order valence-corrected chi connectivity index (χ3v) is 11.7.